The molecule has 6 nitrogen and oxygen atoms in total. The van der Waals surface area contributed by atoms with E-state index in [9.17, 15) is 9.90 Å². The van der Waals surface area contributed by atoms with Crippen molar-refractivity contribution in [2.75, 3.05) is 19.8 Å². The molecule has 3 rings (SSSR count). The van der Waals surface area contributed by atoms with Crippen LogP contribution in [-0.4, -0.2) is 35.8 Å². The number of fused-ring (bicyclic) bond motifs is 1. The molecule has 6 heteroatoms. The number of nitrogens with zero attached hydrogens (tertiary/aromatic N) is 1. The predicted octanol–water partition coefficient (Wildman–Crippen LogP) is 3.07. The number of benzene rings is 2. The van der Waals surface area contributed by atoms with Gasteiger partial charge in [0.15, 0.2) is 0 Å². The Hall–Kier alpha value is -2.73. The minimum absolute atomic E-state index is 0.0318. The lowest BCUT2D eigenvalue weighted by Crippen LogP contribution is -2.40. The zero-order valence-corrected chi connectivity index (χ0v) is 15.6. The molecule has 2 aromatic carbocycles. The summed E-state index contributed by atoms with van der Waals surface area (Å²) < 4.78 is 11.4. The summed E-state index contributed by atoms with van der Waals surface area (Å²) in [6.07, 6.45) is 0.956. The van der Waals surface area contributed by atoms with Gasteiger partial charge in [0.05, 0.1) is 26.3 Å². The van der Waals surface area contributed by atoms with Gasteiger partial charge < -0.3 is 24.8 Å². The first-order valence-corrected chi connectivity index (χ1v) is 9.29. The van der Waals surface area contributed by atoms with Crippen molar-refractivity contribution in [2.45, 2.75) is 33.0 Å². The quantitative estimate of drug-likeness (QED) is 0.820. The van der Waals surface area contributed by atoms with Gasteiger partial charge in [0.1, 0.15) is 18.1 Å². The molecule has 0 radical (unpaired) electrons. The minimum atomic E-state index is -0.138. The van der Waals surface area contributed by atoms with E-state index in [1.807, 2.05) is 42.5 Å². The first kappa shape index (κ1) is 19.0. The van der Waals surface area contributed by atoms with Gasteiger partial charge in [-0.05, 0) is 41.8 Å². The van der Waals surface area contributed by atoms with Crippen LogP contribution < -0.4 is 14.8 Å². The summed E-state index contributed by atoms with van der Waals surface area (Å²) in [4.78, 5) is 14.4. The van der Waals surface area contributed by atoms with Gasteiger partial charge in [0.2, 0.25) is 0 Å². The molecule has 2 aromatic rings. The van der Waals surface area contributed by atoms with Crippen LogP contribution in [0.1, 0.15) is 30.0 Å². The third kappa shape index (κ3) is 5.14. The number of ether oxygens (including phenoxy) is 2. The lowest BCUT2D eigenvalue weighted by molar-refractivity contribution is 0.187. The molecule has 0 unspecified atom stereocenters. The second-order valence-electron chi connectivity index (χ2n) is 6.52. The molecule has 0 spiro atoms. The van der Waals surface area contributed by atoms with Gasteiger partial charge >= 0.3 is 6.03 Å². The SMILES string of the molecule is CCCOc1cccc(CNC(=O)N2CCOc3ccc(CO)cc3C2)c1. The summed E-state index contributed by atoms with van der Waals surface area (Å²) in [7, 11) is 0. The molecular formula is C21H26N2O4. The van der Waals surface area contributed by atoms with Crippen LogP contribution in [0.2, 0.25) is 0 Å². The number of nitrogens with one attached hydrogen (secondary N) is 1. The van der Waals surface area contributed by atoms with Crippen molar-refractivity contribution >= 4 is 6.03 Å². The Labute approximate surface area is 159 Å². The lowest BCUT2D eigenvalue weighted by Gasteiger charge is -2.20. The Kier molecular flexibility index (Phi) is 6.54. The molecule has 1 aliphatic heterocycles. The maximum atomic E-state index is 12.6. The number of rotatable bonds is 6. The van der Waals surface area contributed by atoms with Gasteiger partial charge in [-0.1, -0.05) is 25.1 Å². The predicted molar refractivity (Wildman–Crippen MR) is 103 cm³/mol. The van der Waals surface area contributed by atoms with Gasteiger partial charge in [-0.2, -0.15) is 0 Å². The molecule has 0 saturated carbocycles. The van der Waals surface area contributed by atoms with Crippen molar-refractivity contribution in [3.8, 4) is 11.5 Å². The van der Waals surface area contributed by atoms with Crippen LogP contribution in [0.5, 0.6) is 11.5 Å². The maximum absolute atomic E-state index is 12.6. The molecule has 1 heterocycles. The summed E-state index contributed by atoms with van der Waals surface area (Å²) in [6, 6.07) is 13.2. The normalized spacial score (nSPS) is 13.3. The van der Waals surface area contributed by atoms with Gasteiger partial charge in [-0.3, -0.25) is 0 Å². The molecule has 144 valence electrons. The van der Waals surface area contributed by atoms with Gasteiger partial charge in [-0.15, -0.1) is 0 Å². The molecule has 0 saturated heterocycles. The monoisotopic (exact) mass is 370 g/mol. The summed E-state index contributed by atoms with van der Waals surface area (Å²) in [5.74, 6) is 1.58. The van der Waals surface area contributed by atoms with Crippen molar-refractivity contribution in [1.82, 2.24) is 10.2 Å². The molecular weight excluding hydrogens is 344 g/mol. The highest BCUT2D eigenvalue weighted by atomic mass is 16.5. The fourth-order valence-corrected chi connectivity index (χ4v) is 2.97. The highest BCUT2D eigenvalue weighted by Crippen LogP contribution is 2.24. The van der Waals surface area contributed by atoms with E-state index in [2.05, 4.69) is 12.2 Å². The van der Waals surface area contributed by atoms with E-state index >= 15 is 0 Å². The Bertz CT molecular complexity index is 779. The number of hydrogen-bond donors (Lipinski definition) is 2. The molecule has 2 N–H and O–H groups in total. The molecule has 2 amide bonds. The molecule has 0 bridgehead atoms. The Balaban J connectivity index is 1.60. The molecule has 0 aliphatic carbocycles. The molecule has 0 aromatic heterocycles. The van der Waals surface area contributed by atoms with Crippen LogP contribution in [0.25, 0.3) is 0 Å². The van der Waals surface area contributed by atoms with Crippen molar-refractivity contribution in [2.24, 2.45) is 0 Å². The number of hydrogen-bond acceptors (Lipinski definition) is 4. The number of amides is 2. The number of carbonyl (C=O) groups is 1. The van der Waals surface area contributed by atoms with Crippen molar-refractivity contribution in [1.29, 1.82) is 0 Å². The number of urea groups is 1. The molecule has 0 fully saturated rings. The fraction of sp³-hybridized carbons (Fsp3) is 0.381. The smallest absolute Gasteiger partial charge is 0.318 e. The van der Waals surface area contributed by atoms with E-state index in [0.29, 0.717) is 32.8 Å². The third-order valence-electron chi connectivity index (χ3n) is 4.39. The Morgan fingerprint density at radius 1 is 1.26 bits per heavy atom. The Morgan fingerprint density at radius 2 is 2.15 bits per heavy atom. The summed E-state index contributed by atoms with van der Waals surface area (Å²) in [6.45, 7) is 4.55. The average Bonchev–Trinajstić information content (AvgIpc) is 2.92. The van der Waals surface area contributed by atoms with Crippen LogP contribution >= 0.6 is 0 Å². The summed E-state index contributed by atoms with van der Waals surface area (Å²) in [5, 5.41) is 12.3. The van der Waals surface area contributed by atoms with Crippen molar-refractivity contribution < 1.29 is 19.4 Å². The number of carbonyl (C=O) groups excluding carboxylic acids is 1. The van der Waals surface area contributed by atoms with Crippen LogP contribution in [0.4, 0.5) is 4.79 Å². The van der Waals surface area contributed by atoms with E-state index in [1.54, 1.807) is 4.90 Å². The second-order valence-corrected chi connectivity index (χ2v) is 6.52. The van der Waals surface area contributed by atoms with Gasteiger partial charge in [0.25, 0.3) is 0 Å². The van der Waals surface area contributed by atoms with Crippen LogP contribution in [0.15, 0.2) is 42.5 Å². The van der Waals surface area contributed by atoms with Crippen LogP contribution in [0.3, 0.4) is 0 Å². The summed E-state index contributed by atoms with van der Waals surface area (Å²) in [5.41, 5.74) is 2.71. The van der Waals surface area contributed by atoms with Crippen LogP contribution in [0, 0.1) is 0 Å². The zero-order valence-electron chi connectivity index (χ0n) is 15.6. The number of aliphatic hydroxyl groups is 1. The van der Waals surface area contributed by atoms with Crippen molar-refractivity contribution in [3.63, 3.8) is 0 Å². The standard InChI is InChI=1S/C21H26N2O4/c1-2-9-26-19-5-3-4-16(12-19)13-22-21(25)23-8-10-27-20-7-6-17(15-24)11-18(20)14-23/h3-7,11-12,24H,2,8-10,13-15H2,1H3,(H,22,25). The maximum Gasteiger partial charge on any atom is 0.318 e. The second kappa shape index (κ2) is 9.28. The van der Waals surface area contributed by atoms with E-state index < -0.39 is 0 Å². The topological polar surface area (TPSA) is 71.0 Å². The van der Waals surface area contributed by atoms with Crippen LogP contribution in [-0.2, 0) is 19.7 Å². The fourth-order valence-electron chi connectivity index (χ4n) is 2.97. The van der Waals surface area contributed by atoms with Gasteiger partial charge in [-0.25, -0.2) is 4.79 Å². The highest BCUT2D eigenvalue weighted by Gasteiger charge is 2.20. The third-order valence-corrected chi connectivity index (χ3v) is 4.39. The molecule has 27 heavy (non-hydrogen) atoms. The molecule has 0 atom stereocenters. The lowest BCUT2D eigenvalue weighted by atomic mass is 10.1. The van der Waals surface area contributed by atoms with E-state index in [-0.39, 0.29) is 12.6 Å². The molecule has 1 aliphatic rings. The van der Waals surface area contributed by atoms with E-state index in [1.165, 1.54) is 0 Å². The largest absolute Gasteiger partial charge is 0.494 e. The Morgan fingerprint density at radius 3 is 2.96 bits per heavy atom. The average molecular weight is 370 g/mol. The minimum Gasteiger partial charge on any atom is -0.494 e. The summed E-state index contributed by atoms with van der Waals surface area (Å²) >= 11 is 0. The van der Waals surface area contributed by atoms with Crippen molar-refractivity contribution in [3.05, 3.63) is 59.2 Å². The highest BCUT2D eigenvalue weighted by molar-refractivity contribution is 5.74. The van der Waals surface area contributed by atoms with Gasteiger partial charge in [0, 0.05) is 12.1 Å². The van der Waals surface area contributed by atoms with E-state index in [0.717, 1.165) is 34.6 Å². The number of aliphatic hydroxyl groups excluding tert-OH is 1. The first-order chi connectivity index (χ1) is 13.2. The zero-order chi connectivity index (χ0) is 19.1. The first-order valence-electron chi connectivity index (χ1n) is 9.29. The van der Waals surface area contributed by atoms with E-state index in [4.69, 9.17) is 9.47 Å².